The fraction of sp³-hybridized carbons (Fsp3) is 0.400. The Labute approximate surface area is 233 Å². The van der Waals surface area contributed by atoms with Crippen molar-refractivity contribution in [3.05, 3.63) is 75.5 Å². The first-order chi connectivity index (χ1) is 17.6. The van der Waals surface area contributed by atoms with E-state index in [4.69, 9.17) is 32.7 Å². The number of nitrogens with zero attached hydrogens (tertiary/aromatic N) is 2. The number of benzene rings is 2. The van der Waals surface area contributed by atoms with E-state index in [0.29, 0.717) is 40.7 Å². The molecule has 2 heterocycles. The predicted molar refractivity (Wildman–Crippen MR) is 152 cm³/mol. The average molecular weight is 556 g/mol. The average Bonchev–Trinajstić information content (AvgIpc) is 3.21. The summed E-state index contributed by atoms with van der Waals surface area (Å²) in [5.41, 5.74) is 2.95. The summed E-state index contributed by atoms with van der Waals surface area (Å²) in [5.74, 6) is 0. The number of anilines is 1. The van der Waals surface area contributed by atoms with Crippen molar-refractivity contribution in [2.24, 2.45) is 0 Å². The number of fused-ring (bicyclic) bond motifs is 5. The Morgan fingerprint density at radius 1 is 0.921 bits per heavy atom. The summed E-state index contributed by atoms with van der Waals surface area (Å²) < 4.78 is 13.2. The molecular formula is C30H32Cl2N2O4. The van der Waals surface area contributed by atoms with Crippen LogP contribution in [0.4, 0.5) is 15.3 Å². The maximum atomic E-state index is 13.4. The van der Waals surface area contributed by atoms with E-state index in [-0.39, 0.29) is 0 Å². The summed E-state index contributed by atoms with van der Waals surface area (Å²) >= 11 is 12.9. The molecule has 2 aromatic carbocycles. The van der Waals surface area contributed by atoms with Crippen LogP contribution < -0.4 is 4.90 Å². The van der Waals surface area contributed by atoms with Gasteiger partial charge in [-0.05, 0) is 108 Å². The summed E-state index contributed by atoms with van der Waals surface area (Å²) in [6, 6.07) is 11.0. The molecule has 200 valence electrons. The van der Waals surface area contributed by atoms with Crippen LogP contribution in [0.25, 0.3) is 10.9 Å². The second kappa shape index (κ2) is 8.78. The van der Waals surface area contributed by atoms with Crippen molar-refractivity contribution in [3.63, 3.8) is 0 Å². The summed E-state index contributed by atoms with van der Waals surface area (Å²) in [6.07, 6.45) is 0.798. The lowest BCUT2D eigenvalue weighted by Crippen LogP contribution is -2.40. The number of hydrogen-bond donors (Lipinski definition) is 0. The maximum absolute atomic E-state index is 13.4. The van der Waals surface area contributed by atoms with E-state index in [9.17, 15) is 9.59 Å². The third-order valence-electron chi connectivity index (χ3n) is 7.10. The normalized spacial score (nSPS) is 19.1. The monoisotopic (exact) mass is 554 g/mol. The highest BCUT2D eigenvalue weighted by atomic mass is 35.5. The van der Waals surface area contributed by atoms with Gasteiger partial charge < -0.3 is 9.47 Å². The lowest BCUT2D eigenvalue weighted by Gasteiger charge is -2.36. The fourth-order valence-corrected chi connectivity index (χ4v) is 6.02. The van der Waals surface area contributed by atoms with Gasteiger partial charge in [-0.25, -0.2) is 19.1 Å². The number of allylic oxidation sites excluding steroid dienone is 1. The topological polar surface area (TPSA) is 60.8 Å². The summed E-state index contributed by atoms with van der Waals surface area (Å²) in [4.78, 5) is 28.4. The summed E-state index contributed by atoms with van der Waals surface area (Å²) in [7, 11) is 0. The minimum Gasteiger partial charge on any atom is -0.443 e. The van der Waals surface area contributed by atoms with Crippen LogP contribution in [0.15, 0.2) is 48.7 Å². The fourth-order valence-electron chi connectivity index (χ4n) is 5.67. The van der Waals surface area contributed by atoms with Crippen molar-refractivity contribution in [1.29, 1.82) is 0 Å². The summed E-state index contributed by atoms with van der Waals surface area (Å²) in [5, 5.41) is 2.03. The highest BCUT2D eigenvalue weighted by molar-refractivity contribution is 6.31. The van der Waals surface area contributed by atoms with Crippen molar-refractivity contribution in [3.8, 4) is 0 Å². The van der Waals surface area contributed by atoms with Gasteiger partial charge in [-0.2, -0.15) is 0 Å². The van der Waals surface area contributed by atoms with Gasteiger partial charge >= 0.3 is 12.2 Å². The minimum absolute atomic E-state index is 0.425. The quantitative estimate of drug-likeness (QED) is 0.279. The number of aromatic nitrogens is 1. The van der Waals surface area contributed by atoms with Crippen LogP contribution in [0.3, 0.4) is 0 Å². The van der Waals surface area contributed by atoms with Crippen LogP contribution in [-0.2, 0) is 27.7 Å². The van der Waals surface area contributed by atoms with Crippen LogP contribution >= 0.6 is 23.2 Å². The first kappa shape index (κ1) is 26.6. The third-order valence-corrected chi connectivity index (χ3v) is 7.57. The molecule has 1 amide bonds. The van der Waals surface area contributed by atoms with E-state index in [1.54, 1.807) is 21.6 Å². The van der Waals surface area contributed by atoms with Crippen LogP contribution in [0.2, 0.25) is 10.0 Å². The van der Waals surface area contributed by atoms with Gasteiger partial charge in [-0.1, -0.05) is 29.8 Å². The van der Waals surface area contributed by atoms with Gasteiger partial charge in [0.2, 0.25) is 0 Å². The Morgan fingerprint density at radius 2 is 1.53 bits per heavy atom. The van der Waals surface area contributed by atoms with E-state index < -0.39 is 28.8 Å². The van der Waals surface area contributed by atoms with Crippen molar-refractivity contribution in [2.45, 2.75) is 77.4 Å². The highest BCUT2D eigenvalue weighted by Crippen LogP contribution is 2.55. The summed E-state index contributed by atoms with van der Waals surface area (Å²) in [6.45, 7) is 15.5. The van der Waals surface area contributed by atoms with Crippen LogP contribution in [0.5, 0.6) is 0 Å². The van der Waals surface area contributed by atoms with E-state index >= 15 is 0 Å². The van der Waals surface area contributed by atoms with Gasteiger partial charge in [0.1, 0.15) is 11.2 Å². The van der Waals surface area contributed by atoms with Crippen LogP contribution in [0.1, 0.15) is 64.8 Å². The van der Waals surface area contributed by atoms with Gasteiger partial charge in [-0.3, -0.25) is 0 Å². The Hall–Kier alpha value is -2.96. The molecule has 0 bridgehead atoms. The SMILES string of the molecule is C=C1N(C(=O)OC(C)(C)C)c2ccc(Cl)cc2C12CCc1c(c3cc(Cl)ccc3n1C(=O)OC(C)(C)C)C2. The lowest BCUT2D eigenvalue weighted by molar-refractivity contribution is 0.0537. The molecule has 1 spiro atoms. The van der Waals surface area contributed by atoms with Crippen molar-refractivity contribution in [1.82, 2.24) is 4.57 Å². The zero-order valence-electron chi connectivity index (χ0n) is 22.6. The van der Waals surface area contributed by atoms with Crippen molar-refractivity contribution < 1.29 is 19.1 Å². The molecule has 1 atom stereocenters. The molecular weight excluding hydrogens is 523 g/mol. The zero-order chi connectivity index (χ0) is 27.8. The Morgan fingerprint density at radius 3 is 2.18 bits per heavy atom. The maximum Gasteiger partial charge on any atom is 0.419 e. The molecule has 1 unspecified atom stereocenters. The molecule has 8 heteroatoms. The number of hydrogen-bond acceptors (Lipinski definition) is 4. The Balaban J connectivity index is 1.67. The van der Waals surface area contributed by atoms with E-state index in [1.807, 2.05) is 65.8 Å². The molecule has 1 aliphatic heterocycles. The number of amides is 1. The molecule has 1 aliphatic carbocycles. The lowest BCUT2D eigenvalue weighted by atomic mass is 9.68. The first-order valence-electron chi connectivity index (χ1n) is 12.7. The second-order valence-corrected chi connectivity index (χ2v) is 13.0. The van der Waals surface area contributed by atoms with Crippen LogP contribution in [-0.4, -0.2) is 28.0 Å². The van der Waals surface area contributed by atoms with Crippen molar-refractivity contribution in [2.75, 3.05) is 4.90 Å². The highest BCUT2D eigenvalue weighted by Gasteiger charge is 2.52. The van der Waals surface area contributed by atoms with E-state index in [2.05, 4.69) is 6.58 Å². The van der Waals surface area contributed by atoms with Gasteiger partial charge in [0, 0.05) is 32.2 Å². The molecule has 1 aromatic heterocycles. The number of carbonyl (C=O) groups is 2. The number of ether oxygens (including phenoxy) is 2. The third kappa shape index (κ3) is 4.38. The zero-order valence-corrected chi connectivity index (χ0v) is 24.1. The minimum atomic E-state index is -0.670. The molecule has 3 aromatic rings. The molecule has 38 heavy (non-hydrogen) atoms. The van der Waals surface area contributed by atoms with Gasteiger partial charge in [0.15, 0.2) is 0 Å². The number of rotatable bonds is 0. The first-order valence-corrected chi connectivity index (χ1v) is 13.4. The standard InChI is InChI=1S/C30H32Cl2N2O4/c1-17-30(22-15-19(32)9-11-25(22)33(17)26(35)37-28(2,3)4)13-12-24-21(16-30)20-14-18(31)8-10-23(20)34(24)27(36)38-29(5,6)7/h8-11,14-15H,1,12-13,16H2,2-7H3. The van der Waals surface area contributed by atoms with Crippen LogP contribution in [0, 0.1) is 0 Å². The predicted octanol–water partition coefficient (Wildman–Crippen LogP) is 8.43. The van der Waals surface area contributed by atoms with Gasteiger partial charge in [-0.15, -0.1) is 0 Å². The second-order valence-electron chi connectivity index (χ2n) is 12.1. The molecule has 2 aliphatic rings. The van der Waals surface area contributed by atoms with Gasteiger partial charge in [0.25, 0.3) is 0 Å². The molecule has 0 saturated heterocycles. The molecule has 5 rings (SSSR count). The van der Waals surface area contributed by atoms with Crippen molar-refractivity contribution >= 4 is 52.0 Å². The largest absolute Gasteiger partial charge is 0.443 e. The molecule has 6 nitrogen and oxygen atoms in total. The molecule has 0 saturated carbocycles. The molecule has 0 fully saturated rings. The molecule has 0 N–H and O–H groups in total. The van der Waals surface area contributed by atoms with E-state index in [1.165, 1.54) is 0 Å². The Kier molecular flexibility index (Phi) is 6.16. The van der Waals surface area contributed by atoms with E-state index in [0.717, 1.165) is 27.7 Å². The van der Waals surface area contributed by atoms with Gasteiger partial charge in [0.05, 0.1) is 11.2 Å². The molecule has 0 radical (unpaired) electrons. The smallest absolute Gasteiger partial charge is 0.419 e. The number of carbonyl (C=O) groups excluding carboxylic acids is 2. The Bertz CT molecular complexity index is 1510. The number of halogens is 2.